The Balaban J connectivity index is 1.68. The van der Waals surface area contributed by atoms with Crippen LogP contribution in [0.3, 0.4) is 0 Å². The molecule has 1 aliphatic heterocycles. The van der Waals surface area contributed by atoms with Gasteiger partial charge < -0.3 is 20.3 Å². The molecular weight excluding hydrogens is 482 g/mol. The summed E-state index contributed by atoms with van der Waals surface area (Å²) in [5.41, 5.74) is 1.72. The summed E-state index contributed by atoms with van der Waals surface area (Å²) in [7, 11) is 0. The van der Waals surface area contributed by atoms with Crippen molar-refractivity contribution in [3.8, 4) is 0 Å². The molecule has 2 aromatic rings. The number of ether oxygens (including phenoxy) is 1. The lowest BCUT2D eigenvalue weighted by atomic mass is 9.96. The van der Waals surface area contributed by atoms with Crippen LogP contribution < -0.4 is 10.6 Å². The molecule has 0 aliphatic carbocycles. The predicted octanol–water partition coefficient (Wildman–Crippen LogP) is 3.84. The Bertz CT molecular complexity index is 1070. The number of ketones is 1. The Labute approximate surface area is 225 Å². The van der Waals surface area contributed by atoms with E-state index < -0.39 is 30.1 Å². The van der Waals surface area contributed by atoms with E-state index in [0.717, 1.165) is 17.5 Å². The molecule has 38 heavy (non-hydrogen) atoms. The third-order valence-electron chi connectivity index (χ3n) is 6.50. The minimum Gasteiger partial charge on any atom is -0.445 e. The highest BCUT2D eigenvalue weighted by atomic mass is 16.5. The van der Waals surface area contributed by atoms with Gasteiger partial charge in [0.15, 0.2) is 5.78 Å². The van der Waals surface area contributed by atoms with Crippen LogP contribution >= 0.6 is 0 Å². The molecule has 1 fully saturated rings. The topological polar surface area (TPSA) is 105 Å². The third-order valence-corrected chi connectivity index (χ3v) is 6.50. The number of rotatable bonds is 13. The summed E-state index contributed by atoms with van der Waals surface area (Å²) < 4.78 is 5.32. The molecule has 2 aromatic carbocycles. The average molecular weight is 521 g/mol. The number of Topliss-reactive ketones (excluding diaryl/α,β-unsaturated/α-hetero) is 1. The molecular formula is C30H38N3O5. The van der Waals surface area contributed by atoms with Gasteiger partial charge in [0.2, 0.25) is 11.8 Å². The Hall–Kier alpha value is -3.68. The van der Waals surface area contributed by atoms with Gasteiger partial charge in [0.1, 0.15) is 12.6 Å². The van der Waals surface area contributed by atoms with E-state index in [-0.39, 0.29) is 30.6 Å². The van der Waals surface area contributed by atoms with Crippen LogP contribution in [0.25, 0.3) is 0 Å². The standard InChI is InChI=1S/C30H38N3O5/c1-21(2)17-26(32-30(37)38-20-24-13-8-5-9-14-24)29(36)31-25(19-23-11-6-4-7-12-23)27(34)18-22(3)33-16-10-15-28(33)35/h4-9,11-14,21-22,25-26H,3,10,15-20H2,1-2H3,(H,31,36)(H,32,37)/t22?,25-,26-/m0/s1. The van der Waals surface area contributed by atoms with Crippen LogP contribution in [0.1, 0.15) is 50.7 Å². The second-order valence-corrected chi connectivity index (χ2v) is 10.2. The van der Waals surface area contributed by atoms with Crippen molar-refractivity contribution < 1.29 is 23.9 Å². The number of nitrogens with one attached hydrogen (secondary N) is 2. The molecule has 1 aliphatic rings. The van der Waals surface area contributed by atoms with E-state index in [1.165, 1.54) is 0 Å². The molecule has 0 bridgehead atoms. The SMILES string of the molecule is [CH2]C(CC(=O)[C@H](Cc1ccccc1)NC(=O)[C@H](CC(C)C)NC(=O)OCc1ccccc1)N1CCCC1=O. The fourth-order valence-corrected chi connectivity index (χ4v) is 4.52. The second-order valence-electron chi connectivity index (χ2n) is 10.2. The van der Waals surface area contributed by atoms with E-state index in [1.54, 1.807) is 4.90 Å². The van der Waals surface area contributed by atoms with E-state index in [2.05, 4.69) is 17.6 Å². The monoisotopic (exact) mass is 520 g/mol. The molecule has 8 nitrogen and oxygen atoms in total. The van der Waals surface area contributed by atoms with Gasteiger partial charge in [-0.15, -0.1) is 0 Å². The molecule has 8 heteroatoms. The lowest BCUT2D eigenvalue weighted by Crippen LogP contribution is -2.53. The number of hydrogen-bond acceptors (Lipinski definition) is 5. The largest absolute Gasteiger partial charge is 0.445 e. The van der Waals surface area contributed by atoms with Crippen LogP contribution in [0.4, 0.5) is 4.79 Å². The number of carbonyl (C=O) groups is 4. The van der Waals surface area contributed by atoms with Crippen molar-refractivity contribution in [1.82, 2.24) is 15.5 Å². The lowest BCUT2D eigenvalue weighted by molar-refractivity contribution is -0.132. The molecule has 0 aromatic heterocycles. The van der Waals surface area contributed by atoms with Gasteiger partial charge in [0, 0.05) is 25.4 Å². The third kappa shape index (κ3) is 9.01. The minimum absolute atomic E-state index is 0.00309. The Morgan fingerprint density at radius 2 is 1.58 bits per heavy atom. The summed E-state index contributed by atoms with van der Waals surface area (Å²) in [5.74, 6) is -0.565. The van der Waals surface area contributed by atoms with Crippen LogP contribution in [0.2, 0.25) is 0 Å². The smallest absolute Gasteiger partial charge is 0.408 e. The van der Waals surface area contributed by atoms with Crippen LogP contribution in [0.15, 0.2) is 60.7 Å². The van der Waals surface area contributed by atoms with Gasteiger partial charge in [-0.05, 0) is 43.2 Å². The first-order valence-electron chi connectivity index (χ1n) is 13.2. The second kappa shape index (κ2) is 14.3. The maximum atomic E-state index is 13.4. The van der Waals surface area contributed by atoms with Crippen LogP contribution in [0, 0.1) is 12.8 Å². The summed E-state index contributed by atoms with van der Waals surface area (Å²) in [4.78, 5) is 53.0. The van der Waals surface area contributed by atoms with Crippen molar-refractivity contribution in [1.29, 1.82) is 0 Å². The molecule has 2 N–H and O–H groups in total. The Kier molecular flexibility index (Phi) is 10.9. The number of nitrogens with zero attached hydrogens (tertiary/aromatic N) is 1. The molecule has 3 atom stereocenters. The molecule has 1 saturated heterocycles. The Morgan fingerprint density at radius 3 is 2.16 bits per heavy atom. The van der Waals surface area contributed by atoms with Gasteiger partial charge in [0.25, 0.3) is 0 Å². The first kappa shape index (κ1) is 28.9. The molecule has 0 saturated carbocycles. The number of alkyl carbamates (subject to hydrolysis) is 1. The van der Waals surface area contributed by atoms with E-state index >= 15 is 0 Å². The first-order chi connectivity index (χ1) is 18.2. The molecule has 203 valence electrons. The summed E-state index contributed by atoms with van der Waals surface area (Å²) in [5, 5.41) is 5.54. The molecule has 3 amide bonds. The quantitative estimate of drug-likeness (QED) is 0.418. The zero-order valence-electron chi connectivity index (χ0n) is 22.2. The molecule has 1 radical (unpaired) electrons. The van der Waals surface area contributed by atoms with Crippen molar-refractivity contribution >= 4 is 23.7 Å². The van der Waals surface area contributed by atoms with Crippen molar-refractivity contribution in [2.75, 3.05) is 6.54 Å². The van der Waals surface area contributed by atoms with E-state index in [4.69, 9.17) is 4.74 Å². The fraction of sp³-hybridized carbons (Fsp3) is 0.433. The minimum atomic E-state index is -0.875. The normalized spacial score (nSPS) is 15.6. The van der Waals surface area contributed by atoms with Crippen LogP contribution in [0.5, 0.6) is 0 Å². The predicted molar refractivity (Wildman–Crippen MR) is 145 cm³/mol. The van der Waals surface area contributed by atoms with Crippen molar-refractivity contribution in [3.05, 3.63) is 78.7 Å². The van der Waals surface area contributed by atoms with Gasteiger partial charge in [-0.25, -0.2) is 4.79 Å². The first-order valence-corrected chi connectivity index (χ1v) is 13.2. The van der Waals surface area contributed by atoms with Gasteiger partial charge in [-0.3, -0.25) is 14.4 Å². The summed E-state index contributed by atoms with van der Waals surface area (Å²) >= 11 is 0. The van der Waals surface area contributed by atoms with Crippen molar-refractivity contribution in [3.63, 3.8) is 0 Å². The zero-order chi connectivity index (χ0) is 27.5. The van der Waals surface area contributed by atoms with E-state index in [9.17, 15) is 19.2 Å². The number of hydrogen-bond donors (Lipinski definition) is 2. The van der Waals surface area contributed by atoms with E-state index in [1.807, 2.05) is 74.5 Å². The highest BCUT2D eigenvalue weighted by Gasteiger charge is 2.31. The number of benzene rings is 2. The number of carbonyl (C=O) groups excluding carboxylic acids is 4. The van der Waals surface area contributed by atoms with Gasteiger partial charge in [0.05, 0.1) is 6.04 Å². The average Bonchev–Trinajstić information content (AvgIpc) is 3.33. The summed E-state index contributed by atoms with van der Waals surface area (Å²) in [6, 6.07) is 16.5. The lowest BCUT2D eigenvalue weighted by Gasteiger charge is -2.27. The zero-order valence-corrected chi connectivity index (χ0v) is 22.2. The van der Waals surface area contributed by atoms with Crippen LogP contribution in [-0.4, -0.2) is 53.3 Å². The fourth-order valence-electron chi connectivity index (χ4n) is 4.52. The number of amides is 3. The molecule has 3 rings (SSSR count). The Morgan fingerprint density at radius 1 is 0.947 bits per heavy atom. The van der Waals surface area contributed by atoms with E-state index in [0.29, 0.717) is 25.8 Å². The van der Waals surface area contributed by atoms with Crippen molar-refractivity contribution in [2.45, 2.75) is 70.7 Å². The molecule has 1 heterocycles. The van der Waals surface area contributed by atoms with Gasteiger partial charge in [-0.2, -0.15) is 0 Å². The maximum Gasteiger partial charge on any atom is 0.408 e. The highest BCUT2D eigenvalue weighted by Crippen LogP contribution is 2.17. The van der Waals surface area contributed by atoms with Gasteiger partial charge in [-0.1, -0.05) is 74.5 Å². The maximum absolute atomic E-state index is 13.4. The highest BCUT2D eigenvalue weighted by molar-refractivity contribution is 5.93. The van der Waals surface area contributed by atoms with Crippen LogP contribution in [-0.2, 0) is 32.1 Å². The summed E-state index contributed by atoms with van der Waals surface area (Å²) in [6.07, 6.45) is 1.22. The molecule has 1 unspecified atom stereocenters. The summed E-state index contributed by atoms with van der Waals surface area (Å²) in [6.45, 7) is 8.60. The van der Waals surface area contributed by atoms with Crippen molar-refractivity contribution in [2.24, 2.45) is 5.92 Å². The van der Waals surface area contributed by atoms with Gasteiger partial charge >= 0.3 is 6.09 Å². The molecule has 0 spiro atoms. The number of likely N-dealkylation sites (tertiary alicyclic amines) is 1.